The molecule has 4 atom stereocenters. The van der Waals surface area contributed by atoms with Gasteiger partial charge in [-0.1, -0.05) is 0 Å². The molecule has 0 bridgehead atoms. The van der Waals surface area contributed by atoms with Gasteiger partial charge in [0.2, 0.25) is 35.4 Å². The highest BCUT2D eigenvalue weighted by molar-refractivity contribution is 5.96. The van der Waals surface area contributed by atoms with Crippen LogP contribution in [0.2, 0.25) is 0 Å². The fraction of sp³-hybridized carbons (Fsp3) is 0.600. The molecule has 0 aromatic rings. The lowest BCUT2D eigenvalue weighted by Crippen LogP contribution is -2.57. The summed E-state index contributed by atoms with van der Waals surface area (Å²) < 4.78 is 0. The van der Waals surface area contributed by atoms with Gasteiger partial charge in [0.25, 0.3) is 0 Å². The monoisotopic (exact) mass is 544 g/mol. The first-order valence-corrected chi connectivity index (χ1v) is 11.4. The molecule has 16 N–H and O–H groups in total. The number of guanidine groups is 1. The van der Waals surface area contributed by atoms with E-state index in [2.05, 4.69) is 20.9 Å². The Hall–Kier alpha value is -4.48. The largest absolute Gasteiger partial charge is 0.480 e. The predicted molar refractivity (Wildman–Crippen MR) is 132 cm³/mol. The number of nitrogens with two attached hydrogens (primary N) is 6. The molecule has 0 spiro atoms. The van der Waals surface area contributed by atoms with Crippen LogP contribution in [-0.4, -0.2) is 83.2 Å². The molecule has 0 aliphatic heterocycles. The van der Waals surface area contributed by atoms with E-state index in [1.165, 1.54) is 0 Å². The fourth-order valence-electron chi connectivity index (χ4n) is 2.98. The Labute approximate surface area is 217 Å². The maximum absolute atomic E-state index is 12.9. The van der Waals surface area contributed by atoms with Crippen molar-refractivity contribution in [2.45, 2.75) is 69.1 Å². The Morgan fingerprint density at radius 2 is 1.13 bits per heavy atom. The Bertz CT molecular complexity index is 921. The van der Waals surface area contributed by atoms with Gasteiger partial charge >= 0.3 is 5.97 Å². The summed E-state index contributed by atoms with van der Waals surface area (Å²) in [5.41, 5.74) is 31.5. The standard InChI is InChI=1S/C20H36N10O8/c21-9(2-1-7-27-20(25)26)16(34)30-12(8-15(24)33)18(36)28-10(3-5-13(22)31)17(35)29-11(19(37)38)4-6-14(23)32/h9-12H,1-8,21H2,(H2,22,31)(H2,23,32)(H2,24,33)(H,28,36)(H,29,35)(H,30,34)(H,37,38)(H4,25,26,27). The van der Waals surface area contributed by atoms with Crippen molar-refractivity contribution < 1.29 is 38.7 Å². The van der Waals surface area contributed by atoms with E-state index < -0.39 is 72.0 Å². The molecule has 0 aromatic heterocycles. The summed E-state index contributed by atoms with van der Waals surface area (Å²) >= 11 is 0. The van der Waals surface area contributed by atoms with Crippen LogP contribution in [-0.2, 0) is 33.6 Å². The average molecular weight is 545 g/mol. The van der Waals surface area contributed by atoms with Gasteiger partial charge in [0, 0.05) is 19.4 Å². The third-order valence-corrected chi connectivity index (χ3v) is 4.95. The van der Waals surface area contributed by atoms with Crippen LogP contribution in [0.25, 0.3) is 0 Å². The smallest absolute Gasteiger partial charge is 0.326 e. The average Bonchev–Trinajstić information content (AvgIpc) is 2.80. The number of hydrogen-bond acceptors (Lipinski definition) is 9. The van der Waals surface area contributed by atoms with E-state index in [9.17, 15) is 38.7 Å². The van der Waals surface area contributed by atoms with Gasteiger partial charge in [0.05, 0.1) is 12.5 Å². The Morgan fingerprint density at radius 1 is 0.658 bits per heavy atom. The van der Waals surface area contributed by atoms with Crippen molar-refractivity contribution in [3.8, 4) is 0 Å². The summed E-state index contributed by atoms with van der Waals surface area (Å²) in [6, 6.07) is -5.72. The molecule has 0 saturated carbocycles. The molecule has 18 heteroatoms. The van der Waals surface area contributed by atoms with Crippen molar-refractivity contribution >= 4 is 47.4 Å². The molecule has 0 radical (unpaired) electrons. The Kier molecular flexibility index (Phi) is 15.0. The number of nitrogens with one attached hydrogen (secondary N) is 3. The van der Waals surface area contributed by atoms with E-state index in [0.29, 0.717) is 6.42 Å². The number of hydrogen-bond donors (Lipinski definition) is 10. The normalized spacial score (nSPS) is 13.6. The van der Waals surface area contributed by atoms with Gasteiger partial charge in [-0.05, 0) is 25.7 Å². The first-order chi connectivity index (χ1) is 17.6. The molecule has 6 amide bonds. The van der Waals surface area contributed by atoms with Crippen molar-refractivity contribution in [1.82, 2.24) is 16.0 Å². The van der Waals surface area contributed by atoms with Gasteiger partial charge in [-0.25, -0.2) is 4.79 Å². The number of rotatable bonds is 19. The highest BCUT2D eigenvalue weighted by Crippen LogP contribution is 2.05. The maximum Gasteiger partial charge on any atom is 0.326 e. The minimum absolute atomic E-state index is 0.124. The van der Waals surface area contributed by atoms with Crippen LogP contribution in [0, 0.1) is 0 Å². The number of nitrogens with zero attached hydrogens (tertiary/aromatic N) is 1. The van der Waals surface area contributed by atoms with E-state index in [1.807, 2.05) is 0 Å². The summed E-state index contributed by atoms with van der Waals surface area (Å²) in [5.74, 6) is -7.10. The highest BCUT2D eigenvalue weighted by Gasteiger charge is 2.31. The second kappa shape index (κ2) is 17.1. The number of primary amides is 3. The molecule has 0 aliphatic carbocycles. The van der Waals surface area contributed by atoms with Crippen LogP contribution in [0.1, 0.15) is 44.9 Å². The first-order valence-electron chi connectivity index (χ1n) is 11.4. The van der Waals surface area contributed by atoms with Crippen LogP contribution in [0.15, 0.2) is 4.99 Å². The van der Waals surface area contributed by atoms with Crippen molar-refractivity contribution in [2.75, 3.05) is 6.54 Å². The fourth-order valence-corrected chi connectivity index (χ4v) is 2.98. The SMILES string of the molecule is NC(=O)CCC(NC(=O)C(CCC(N)=O)NC(=O)C(CC(N)=O)NC(=O)C(N)CCCN=C(N)N)C(=O)O. The summed E-state index contributed by atoms with van der Waals surface area (Å²) in [7, 11) is 0. The molecule has 0 aliphatic rings. The lowest BCUT2D eigenvalue weighted by molar-refractivity contribution is -0.143. The Morgan fingerprint density at radius 3 is 1.61 bits per heavy atom. The number of aliphatic carboxylic acids is 1. The molecule has 38 heavy (non-hydrogen) atoms. The summed E-state index contributed by atoms with van der Waals surface area (Å²) in [6.07, 6.45) is -1.64. The highest BCUT2D eigenvalue weighted by atomic mass is 16.4. The van der Waals surface area contributed by atoms with Crippen LogP contribution in [0.5, 0.6) is 0 Å². The molecular formula is C20H36N10O8. The lowest BCUT2D eigenvalue weighted by Gasteiger charge is -2.24. The molecule has 214 valence electrons. The topological polar surface area (TPSA) is 344 Å². The quantitative estimate of drug-likeness (QED) is 0.0414. The molecule has 0 rings (SSSR count). The van der Waals surface area contributed by atoms with Gasteiger partial charge in [0.1, 0.15) is 18.1 Å². The van der Waals surface area contributed by atoms with Gasteiger partial charge < -0.3 is 55.5 Å². The molecule has 0 aromatic carbocycles. The Balaban J connectivity index is 5.52. The minimum Gasteiger partial charge on any atom is -0.480 e. The zero-order valence-corrected chi connectivity index (χ0v) is 20.7. The number of amides is 6. The molecule has 4 unspecified atom stereocenters. The molecule has 0 saturated heterocycles. The van der Waals surface area contributed by atoms with Crippen LogP contribution in [0.3, 0.4) is 0 Å². The number of aliphatic imine (C=N–C) groups is 1. The summed E-state index contributed by atoms with van der Waals surface area (Å²) in [5, 5.41) is 15.9. The third kappa shape index (κ3) is 14.8. The van der Waals surface area contributed by atoms with Crippen molar-refractivity contribution in [1.29, 1.82) is 0 Å². The van der Waals surface area contributed by atoms with Crippen molar-refractivity contribution in [3.63, 3.8) is 0 Å². The van der Waals surface area contributed by atoms with E-state index in [-0.39, 0.29) is 44.6 Å². The van der Waals surface area contributed by atoms with Crippen LogP contribution < -0.4 is 50.4 Å². The van der Waals surface area contributed by atoms with Gasteiger partial charge in [-0.15, -0.1) is 0 Å². The number of carbonyl (C=O) groups excluding carboxylic acids is 6. The number of carbonyl (C=O) groups is 7. The van der Waals surface area contributed by atoms with Crippen LogP contribution >= 0.6 is 0 Å². The third-order valence-electron chi connectivity index (χ3n) is 4.95. The van der Waals surface area contributed by atoms with Gasteiger partial charge in [-0.3, -0.25) is 33.8 Å². The predicted octanol–water partition coefficient (Wildman–Crippen LogP) is -5.69. The van der Waals surface area contributed by atoms with Crippen molar-refractivity contribution in [3.05, 3.63) is 0 Å². The molecular weight excluding hydrogens is 508 g/mol. The van der Waals surface area contributed by atoms with Gasteiger partial charge in [-0.2, -0.15) is 0 Å². The van der Waals surface area contributed by atoms with E-state index >= 15 is 0 Å². The minimum atomic E-state index is -1.56. The lowest BCUT2D eigenvalue weighted by atomic mass is 10.1. The van der Waals surface area contributed by atoms with Gasteiger partial charge in [0.15, 0.2) is 5.96 Å². The number of carboxylic acid groups (broad SMARTS) is 1. The summed E-state index contributed by atoms with van der Waals surface area (Å²) in [6.45, 7) is 0.196. The summed E-state index contributed by atoms with van der Waals surface area (Å²) in [4.78, 5) is 87.0. The van der Waals surface area contributed by atoms with E-state index in [1.54, 1.807) is 0 Å². The molecule has 18 nitrogen and oxygen atoms in total. The zero-order chi connectivity index (χ0) is 29.4. The zero-order valence-electron chi connectivity index (χ0n) is 20.7. The molecule has 0 fully saturated rings. The molecule has 0 heterocycles. The second-order valence-electron chi connectivity index (χ2n) is 8.26. The maximum atomic E-state index is 12.9. The first kappa shape index (κ1) is 33.5. The van der Waals surface area contributed by atoms with E-state index in [4.69, 9.17) is 34.4 Å². The van der Waals surface area contributed by atoms with Crippen LogP contribution in [0.4, 0.5) is 0 Å². The second-order valence-corrected chi connectivity index (χ2v) is 8.26. The number of carboxylic acids is 1. The van der Waals surface area contributed by atoms with Crippen molar-refractivity contribution in [2.24, 2.45) is 39.4 Å². The van der Waals surface area contributed by atoms with E-state index in [0.717, 1.165) is 0 Å².